The molecule has 0 radical (unpaired) electrons. The van der Waals surface area contributed by atoms with E-state index >= 15 is 0 Å². The van der Waals surface area contributed by atoms with Gasteiger partial charge >= 0.3 is 0 Å². The minimum absolute atomic E-state index is 0.869. The van der Waals surface area contributed by atoms with E-state index in [1.807, 2.05) is 0 Å². The standard InChI is InChI=1S/C14H21N3/c1-3-5-10-15-11-13-12-8-6-7-9-14(12)17(4-2)16-13/h6-9,15H,3-5,10-11H2,1-2H3. The zero-order valence-electron chi connectivity index (χ0n) is 10.7. The van der Waals surface area contributed by atoms with Gasteiger partial charge in [-0.25, -0.2) is 0 Å². The summed E-state index contributed by atoms with van der Waals surface area (Å²) < 4.78 is 2.08. The molecule has 0 unspecified atom stereocenters. The maximum absolute atomic E-state index is 4.66. The Bertz CT molecular complexity index is 473. The van der Waals surface area contributed by atoms with Gasteiger partial charge in [-0.2, -0.15) is 5.10 Å². The number of nitrogens with one attached hydrogen (secondary N) is 1. The number of aromatic nitrogens is 2. The van der Waals surface area contributed by atoms with Crippen LogP contribution in [0.25, 0.3) is 10.9 Å². The predicted octanol–water partition coefficient (Wildman–Crippen LogP) is 2.95. The fourth-order valence-corrected chi connectivity index (χ4v) is 2.08. The Labute approximate surface area is 103 Å². The lowest BCUT2D eigenvalue weighted by atomic mass is 10.2. The summed E-state index contributed by atoms with van der Waals surface area (Å²) in [4.78, 5) is 0. The number of fused-ring (bicyclic) bond motifs is 1. The lowest BCUT2D eigenvalue weighted by molar-refractivity contribution is 0.611. The molecule has 0 aliphatic carbocycles. The molecule has 1 N–H and O–H groups in total. The average Bonchev–Trinajstić information content (AvgIpc) is 2.73. The highest BCUT2D eigenvalue weighted by Gasteiger charge is 2.07. The van der Waals surface area contributed by atoms with Crippen LogP contribution in [0, 0.1) is 0 Å². The summed E-state index contributed by atoms with van der Waals surface area (Å²) in [6, 6.07) is 8.46. The van der Waals surface area contributed by atoms with Crippen LogP contribution in [0.15, 0.2) is 24.3 Å². The lowest BCUT2D eigenvalue weighted by Crippen LogP contribution is -2.15. The molecule has 1 aromatic heterocycles. The molecule has 1 aromatic carbocycles. The molecule has 0 amide bonds. The lowest BCUT2D eigenvalue weighted by Gasteiger charge is -2.00. The van der Waals surface area contributed by atoms with E-state index in [-0.39, 0.29) is 0 Å². The molecule has 0 bridgehead atoms. The average molecular weight is 231 g/mol. The molecule has 3 heteroatoms. The third-order valence-corrected chi connectivity index (χ3v) is 3.03. The van der Waals surface area contributed by atoms with E-state index < -0.39 is 0 Å². The first-order valence-corrected chi connectivity index (χ1v) is 6.52. The van der Waals surface area contributed by atoms with Crippen molar-refractivity contribution >= 4 is 10.9 Å². The number of benzene rings is 1. The predicted molar refractivity (Wildman–Crippen MR) is 72.0 cm³/mol. The molecule has 0 atom stereocenters. The minimum atomic E-state index is 0.869. The van der Waals surface area contributed by atoms with Gasteiger partial charge in [0.1, 0.15) is 0 Å². The van der Waals surface area contributed by atoms with Gasteiger partial charge in [-0.05, 0) is 26.0 Å². The zero-order valence-corrected chi connectivity index (χ0v) is 10.7. The highest BCUT2D eigenvalue weighted by molar-refractivity contribution is 5.81. The topological polar surface area (TPSA) is 29.9 Å². The van der Waals surface area contributed by atoms with Crippen molar-refractivity contribution < 1.29 is 0 Å². The largest absolute Gasteiger partial charge is 0.311 e. The van der Waals surface area contributed by atoms with Crippen LogP contribution < -0.4 is 5.32 Å². The van der Waals surface area contributed by atoms with Gasteiger partial charge in [-0.3, -0.25) is 4.68 Å². The highest BCUT2D eigenvalue weighted by atomic mass is 15.3. The molecule has 0 saturated heterocycles. The molecule has 0 spiro atoms. The monoisotopic (exact) mass is 231 g/mol. The number of rotatable bonds is 6. The quantitative estimate of drug-likeness (QED) is 0.775. The molecule has 2 aromatic rings. The van der Waals surface area contributed by atoms with Crippen molar-refractivity contribution in [2.24, 2.45) is 0 Å². The number of para-hydroxylation sites is 1. The van der Waals surface area contributed by atoms with Gasteiger partial charge in [0, 0.05) is 18.5 Å². The Balaban J connectivity index is 2.16. The van der Waals surface area contributed by atoms with Crippen molar-refractivity contribution in [3.05, 3.63) is 30.0 Å². The molecule has 0 saturated carbocycles. The van der Waals surface area contributed by atoms with E-state index in [9.17, 15) is 0 Å². The van der Waals surface area contributed by atoms with Gasteiger partial charge in [0.15, 0.2) is 0 Å². The van der Waals surface area contributed by atoms with E-state index in [2.05, 4.69) is 53.2 Å². The van der Waals surface area contributed by atoms with E-state index in [0.717, 1.165) is 19.6 Å². The van der Waals surface area contributed by atoms with Crippen LogP contribution in [-0.4, -0.2) is 16.3 Å². The molecule has 0 fully saturated rings. The number of hydrogen-bond acceptors (Lipinski definition) is 2. The van der Waals surface area contributed by atoms with Crippen LogP contribution in [0.3, 0.4) is 0 Å². The Morgan fingerprint density at radius 1 is 1.24 bits per heavy atom. The number of aryl methyl sites for hydroxylation is 1. The smallest absolute Gasteiger partial charge is 0.0841 e. The van der Waals surface area contributed by atoms with Gasteiger partial charge in [-0.15, -0.1) is 0 Å². The van der Waals surface area contributed by atoms with Crippen LogP contribution in [0.4, 0.5) is 0 Å². The fraction of sp³-hybridized carbons (Fsp3) is 0.500. The normalized spacial score (nSPS) is 11.2. The first kappa shape index (κ1) is 12.1. The van der Waals surface area contributed by atoms with Gasteiger partial charge in [0.2, 0.25) is 0 Å². The summed E-state index contributed by atoms with van der Waals surface area (Å²) in [6.07, 6.45) is 2.46. The Morgan fingerprint density at radius 2 is 2.06 bits per heavy atom. The maximum Gasteiger partial charge on any atom is 0.0841 e. The van der Waals surface area contributed by atoms with Gasteiger partial charge in [-0.1, -0.05) is 31.5 Å². The molecular weight excluding hydrogens is 210 g/mol. The fourth-order valence-electron chi connectivity index (χ4n) is 2.08. The molecule has 0 aliphatic rings. The van der Waals surface area contributed by atoms with Crippen molar-refractivity contribution in [2.45, 2.75) is 39.8 Å². The zero-order chi connectivity index (χ0) is 12.1. The maximum atomic E-state index is 4.66. The number of unbranched alkanes of at least 4 members (excludes halogenated alkanes) is 1. The second kappa shape index (κ2) is 5.82. The summed E-state index contributed by atoms with van der Waals surface area (Å²) >= 11 is 0. The van der Waals surface area contributed by atoms with Gasteiger partial charge < -0.3 is 5.32 Å². The van der Waals surface area contributed by atoms with E-state index in [1.165, 1.54) is 29.4 Å². The first-order chi connectivity index (χ1) is 8.36. The molecule has 2 rings (SSSR count). The number of hydrogen-bond donors (Lipinski definition) is 1. The Kier molecular flexibility index (Phi) is 4.15. The van der Waals surface area contributed by atoms with E-state index in [1.54, 1.807) is 0 Å². The van der Waals surface area contributed by atoms with Crippen molar-refractivity contribution in [2.75, 3.05) is 6.54 Å². The Morgan fingerprint density at radius 3 is 2.82 bits per heavy atom. The summed E-state index contributed by atoms with van der Waals surface area (Å²) in [5, 5.41) is 9.39. The number of nitrogens with zero attached hydrogens (tertiary/aromatic N) is 2. The van der Waals surface area contributed by atoms with Crippen LogP contribution in [0.1, 0.15) is 32.4 Å². The molecule has 0 aliphatic heterocycles. The highest BCUT2D eigenvalue weighted by Crippen LogP contribution is 2.18. The molecule has 92 valence electrons. The van der Waals surface area contributed by atoms with Gasteiger partial charge in [0.25, 0.3) is 0 Å². The van der Waals surface area contributed by atoms with Crippen molar-refractivity contribution in [3.8, 4) is 0 Å². The summed E-state index contributed by atoms with van der Waals surface area (Å²) in [7, 11) is 0. The third-order valence-electron chi connectivity index (χ3n) is 3.03. The van der Waals surface area contributed by atoms with Crippen LogP contribution in [0.5, 0.6) is 0 Å². The second-order valence-electron chi connectivity index (χ2n) is 4.31. The summed E-state index contributed by atoms with van der Waals surface area (Å²) in [5.41, 5.74) is 2.40. The molecule has 17 heavy (non-hydrogen) atoms. The third kappa shape index (κ3) is 2.67. The molecule has 3 nitrogen and oxygen atoms in total. The summed E-state index contributed by atoms with van der Waals surface area (Å²) in [5.74, 6) is 0. The molecule has 1 heterocycles. The second-order valence-corrected chi connectivity index (χ2v) is 4.31. The summed E-state index contributed by atoms with van der Waals surface area (Å²) in [6.45, 7) is 7.21. The molecular formula is C14H21N3. The SMILES string of the molecule is CCCCNCc1nn(CC)c2ccccc12. The van der Waals surface area contributed by atoms with Crippen LogP contribution >= 0.6 is 0 Å². The van der Waals surface area contributed by atoms with Crippen molar-refractivity contribution in [1.29, 1.82) is 0 Å². The van der Waals surface area contributed by atoms with E-state index in [0.29, 0.717) is 0 Å². The van der Waals surface area contributed by atoms with Gasteiger partial charge in [0.05, 0.1) is 11.2 Å². The minimum Gasteiger partial charge on any atom is -0.311 e. The van der Waals surface area contributed by atoms with Crippen molar-refractivity contribution in [1.82, 2.24) is 15.1 Å². The van der Waals surface area contributed by atoms with Crippen LogP contribution in [0.2, 0.25) is 0 Å². The Hall–Kier alpha value is -1.35. The first-order valence-electron chi connectivity index (χ1n) is 6.52. The van der Waals surface area contributed by atoms with E-state index in [4.69, 9.17) is 0 Å². The van der Waals surface area contributed by atoms with Crippen molar-refractivity contribution in [3.63, 3.8) is 0 Å². The van der Waals surface area contributed by atoms with Crippen LogP contribution in [-0.2, 0) is 13.1 Å².